The van der Waals surface area contributed by atoms with Crippen molar-refractivity contribution in [3.8, 4) is 0 Å². The Bertz CT molecular complexity index is 132. The molecule has 0 aromatic carbocycles. The summed E-state index contributed by atoms with van der Waals surface area (Å²) in [5.74, 6) is 0. The summed E-state index contributed by atoms with van der Waals surface area (Å²) in [5.41, 5.74) is 0. The Morgan fingerprint density at radius 1 is 0.867 bits per heavy atom. The summed E-state index contributed by atoms with van der Waals surface area (Å²) in [4.78, 5) is 3.25. The Labute approximate surface area is 93.9 Å². The summed E-state index contributed by atoms with van der Waals surface area (Å²) >= 11 is 0. The number of hydrogen-bond acceptors (Lipinski definition) is 5. The molecule has 0 saturated heterocycles. The van der Waals surface area contributed by atoms with Crippen LogP contribution in [0.25, 0.3) is 0 Å². The molecule has 0 aliphatic rings. The van der Waals surface area contributed by atoms with Crippen molar-refractivity contribution in [3.05, 3.63) is 0 Å². The largest absolute Gasteiger partial charge is 0.596 e. The predicted octanol–water partition coefficient (Wildman–Crippen LogP) is 0.341. The summed E-state index contributed by atoms with van der Waals surface area (Å²) in [6.07, 6.45) is 0. The lowest BCUT2D eigenvalue weighted by Gasteiger charge is -2.28. The molecule has 0 atom stereocenters. The van der Waals surface area contributed by atoms with Gasteiger partial charge in [0.2, 0.25) is 0 Å². The Morgan fingerprint density at radius 2 is 1.33 bits per heavy atom. The topological polar surface area (TPSA) is 51.8 Å². The van der Waals surface area contributed by atoms with Gasteiger partial charge in [-0.1, -0.05) is 0 Å². The molecule has 0 aliphatic heterocycles. The van der Waals surface area contributed by atoms with Crippen molar-refractivity contribution in [1.82, 2.24) is 10.3 Å². The van der Waals surface area contributed by atoms with Crippen LogP contribution in [0.3, 0.4) is 0 Å². The average Bonchev–Trinajstić information content (AvgIpc) is 2.19. The molecule has 6 heteroatoms. The number of hydrogen-bond donors (Lipinski definition) is 2. The zero-order chi connectivity index (χ0) is 11.6. The Morgan fingerprint density at radius 3 is 1.67 bits per heavy atom. The number of nitrogens with one attached hydrogen (secondary N) is 2. The molecule has 2 N–H and O–H groups in total. The summed E-state index contributed by atoms with van der Waals surface area (Å²) in [6, 6.07) is 0. The first kappa shape index (κ1) is 15.0. The van der Waals surface area contributed by atoms with E-state index in [1.54, 1.807) is 0 Å². The Balaban J connectivity index is 4.18. The van der Waals surface area contributed by atoms with E-state index in [-0.39, 0.29) is 0 Å². The average molecular weight is 236 g/mol. The third kappa shape index (κ3) is 6.24. The highest BCUT2D eigenvalue weighted by Gasteiger charge is 2.40. The van der Waals surface area contributed by atoms with Crippen LogP contribution < -0.4 is 10.3 Å². The third-order valence-electron chi connectivity index (χ3n) is 1.72. The zero-order valence-corrected chi connectivity index (χ0v) is 11.3. The van der Waals surface area contributed by atoms with Gasteiger partial charge in [0.1, 0.15) is 0 Å². The fourth-order valence-electron chi connectivity index (χ4n) is 1.19. The van der Waals surface area contributed by atoms with Gasteiger partial charge in [-0.3, -0.25) is 4.98 Å². The quantitative estimate of drug-likeness (QED) is 0.423. The van der Waals surface area contributed by atoms with Gasteiger partial charge in [-0.25, -0.2) is 0 Å². The van der Waals surface area contributed by atoms with Gasteiger partial charge in [0, 0.05) is 32.9 Å². The lowest BCUT2D eigenvalue weighted by atomic mass is 10.7. The first-order valence-electron chi connectivity index (χ1n) is 5.56. The first-order chi connectivity index (χ1) is 7.24. The summed E-state index contributed by atoms with van der Waals surface area (Å²) < 4.78 is 16.8. The van der Waals surface area contributed by atoms with Gasteiger partial charge >= 0.3 is 8.97 Å². The van der Waals surface area contributed by atoms with Crippen LogP contribution in [0.15, 0.2) is 0 Å². The normalized spacial score (nSPS) is 12.0. The van der Waals surface area contributed by atoms with Crippen LogP contribution >= 0.6 is 0 Å². The minimum absolute atomic E-state index is 0.596. The van der Waals surface area contributed by atoms with Crippen molar-refractivity contribution in [2.45, 2.75) is 20.8 Å². The van der Waals surface area contributed by atoms with Crippen LogP contribution in [0.2, 0.25) is 0 Å². The molecule has 0 bridgehead atoms. The highest BCUT2D eigenvalue weighted by atomic mass is 28.4. The van der Waals surface area contributed by atoms with Gasteiger partial charge < -0.3 is 18.6 Å². The van der Waals surface area contributed by atoms with Crippen molar-refractivity contribution in [2.75, 3.05) is 40.0 Å². The van der Waals surface area contributed by atoms with Gasteiger partial charge in [-0.05, 0) is 27.8 Å². The minimum Gasteiger partial charge on any atom is -0.361 e. The molecule has 92 valence electrons. The second-order valence-corrected chi connectivity index (χ2v) is 5.22. The monoisotopic (exact) mass is 236 g/mol. The van der Waals surface area contributed by atoms with Crippen LogP contribution in [0.4, 0.5) is 0 Å². The van der Waals surface area contributed by atoms with Crippen molar-refractivity contribution < 1.29 is 13.3 Å². The van der Waals surface area contributed by atoms with E-state index in [2.05, 4.69) is 10.3 Å². The SMILES string of the molecule is CCO[Si](NCCNC)(OCC)OCC. The van der Waals surface area contributed by atoms with E-state index >= 15 is 0 Å². The van der Waals surface area contributed by atoms with Crippen molar-refractivity contribution >= 4 is 8.97 Å². The highest BCUT2D eigenvalue weighted by molar-refractivity contribution is 6.57. The van der Waals surface area contributed by atoms with E-state index < -0.39 is 8.97 Å². The fourth-order valence-corrected chi connectivity index (χ4v) is 3.32. The third-order valence-corrected chi connectivity index (χ3v) is 4.41. The van der Waals surface area contributed by atoms with Crippen molar-refractivity contribution in [2.24, 2.45) is 0 Å². The van der Waals surface area contributed by atoms with E-state index in [9.17, 15) is 0 Å². The number of rotatable bonds is 10. The summed E-state index contributed by atoms with van der Waals surface area (Å²) in [7, 11) is -0.713. The maximum atomic E-state index is 5.61. The van der Waals surface area contributed by atoms with Gasteiger partial charge in [0.05, 0.1) is 0 Å². The maximum Gasteiger partial charge on any atom is 0.596 e. The van der Waals surface area contributed by atoms with Gasteiger partial charge in [0.25, 0.3) is 0 Å². The fraction of sp³-hybridized carbons (Fsp3) is 1.00. The molecule has 0 heterocycles. The van der Waals surface area contributed by atoms with Crippen LogP contribution in [0, 0.1) is 0 Å². The zero-order valence-electron chi connectivity index (χ0n) is 10.3. The van der Waals surface area contributed by atoms with Crippen LogP contribution in [-0.2, 0) is 13.3 Å². The van der Waals surface area contributed by atoms with E-state index in [0.717, 1.165) is 13.1 Å². The van der Waals surface area contributed by atoms with E-state index in [4.69, 9.17) is 13.3 Å². The molecule has 0 saturated carbocycles. The molecule has 0 rings (SSSR count). The van der Waals surface area contributed by atoms with Crippen molar-refractivity contribution in [1.29, 1.82) is 0 Å². The Kier molecular flexibility index (Phi) is 9.27. The maximum absolute atomic E-state index is 5.61. The standard InChI is InChI=1S/C9H24N2O3Si/c1-5-12-15(13-6-2,14-7-3)11-9-8-10-4/h10-11H,5-9H2,1-4H3. The lowest BCUT2D eigenvalue weighted by Crippen LogP contribution is -2.60. The smallest absolute Gasteiger partial charge is 0.361 e. The van der Waals surface area contributed by atoms with Gasteiger partial charge in [-0.15, -0.1) is 0 Å². The molecular formula is C9H24N2O3Si. The minimum atomic E-state index is -2.62. The molecule has 5 nitrogen and oxygen atoms in total. The summed E-state index contributed by atoms with van der Waals surface area (Å²) in [6.45, 7) is 9.26. The van der Waals surface area contributed by atoms with Gasteiger partial charge in [0.15, 0.2) is 0 Å². The molecule has 0 amide bonds. The Hall–Kier alpha value is 0.0169. The summed E-state index contributed by atoms with van der Waals surface area (Å²) in [5, 5.41) is 3.06. The molecule has 0 spiro atoms. The van der Waals surface area contributed by atoms with E-state index in [1.807, 2.05) is 27.8 Å². The molecule has 0 fully saturated rings. The molecule has 15 heavy (non-hydrogen) atoms. The van der Waals surface area contributed by atoms with E-state index in [0.29, 0.717) is 19.8 Å². The predicted molar refractivity (Wildman–Crippen MR) is 62.6 cm³/mol. The second-order valence-electron chi connectivity index (χ2n) is 2.89. The molecular weight excluding hydrogens is 212 g/mol. The van der Waals surface area contributed by atoms with Crippen LogP contribution in [-0.4, -0.2) is 48.9 Å². The second kappa shape index (κ2) is 9.26. The number of likely N-dealkylation sites (N-methyl/N-ethyl adjacent to an activating group) is 1. The molecule has 0 aromatic heterocycles. The molecule has 0 aromatic rings. The molecule has 0 aliphatic carbocycles. The highest BCUT2D eigenvalue weighted by Crippen LogP contribution is 2.05. The molecule has 0 radical (unpaired) electrons. The van der Waals surface area contributed by atoms with Gasteiger partial charge in [-0.2, -0.15) is 0 Å². The lowest BCUT2D eigenvalue weighted by molar-refractivity contribution is 0.0601. The van der Waals surface area contributed by atoms with Crippen molar-refractivity contribution in [3.63, 3.8) is 0 Å². The molecule has 0 unspecified atom stereocenters. The van der Waals surface area contributed by atoms with Crippen LogP contribution in [0.5, 0.6) is 0 Å². The van der Waals surface area contributed by atoms with E-state index in [1.165, 1.54) is 0 Å². The first-order valence-corrected chi connectivity index (χ1v) is 7.28. The van der Waals surface area contributed by atoms with Crippen LogP contribution in [0.1, 0.15) is 20.8 Å².